The lowest BCUT2D eigenvalue weighted by Gasteiger charge is -2.46. The highest BCUT2D eigenvalue weighted by Gasteiger charge is 2.43. The van der Waals surface area contributed by atoms with E-state index >= 15 is 0 Å². The first-order valence-corrected chi connectivity index (χ1v) is 6.24. The molecule has 2 aliphatic heterocycles. The van der Waals surface area contributed by atoms with Crippen LogP contribution in [0.25, 0.3) is 0 Å². The number of hydrogen-bond donors (Lipinski definition) is 1. The number of nitrogens with one attached hydrogen (secondary N) is 1. The summed E-state index contributed by atoms with van der Waals surface area (Å²) in [7, 11) is 0. The molecule has 2 unspecified atom stereocenters. The number of hydrogen-bond acceptors (Lipinski definition) is 2. The summed E-state index contributed by atoms with van der Waals surface area (Å²) >= 11 is 0. The van der Waals surface area contributed by atoms with Crippen molar-refractivity contribution in [2.45, 2.75) is 25.2 Å². The number of para-hydroxylation sites is 1. The third-order valence-electron chi connectivity index (χ3n) is 4.35. The van der Waals surface area contributed by atoms with Crippen molar-refractivity contribution < 1.29 is 4.74 Å². The standard InChI is InChI=1S/C14H19NO/c1-11-6-9-16-10-14(11)7-8-15-13-5-3-2-4-12(13)14/h2-5,11,15H,6-10H2,1H3. The van der Waals surface area contributed by atoms with Gasteiger partial charge in [-0.1, -0.05) is 25.1 Å². The quantitative estimate of drug-likeness (QED) is 0.721. The molecule has 2 aliphatic rings. The highest BCUT2D eigenvalue weighted by Crippen LogP contribution is 2.45. The van der Waals surface area contributed by atoms with Gasteiger partial charge in [-0.15, -0.1) is 0 Å². The topological polar surface area (TPSA) is 21.3 Å². The van der Waals surface area contributed by atoms with Crippen LogP contribution in [0.15, 0.2) is 24.3 Å². The fraction of sp³-hybridized carbons (Fsp3) is 0.571. The minimum atomic E-state index is 0.264. The van der Waals surface area contributed by atoms with Crippen LogP contribution in [0.1, 0.15) is 25.3 Å². The largest absolute Gasteiger partial charge is 0.385 e. The van der Waals surface area contributed by atoms with Gasteiger partial charge in [0, 0.05) is 24.3 Å². The summed E-state index contributed by atoms with van der Waals surface area (Å²) in [6.45, 7) is 5.28. The van der Waals surface area contributed by atoms with Crippen LogP contribution in [-0.4, -0.2) is 19.8 Å². The second-order valence-electron chi connectivity index (χ2n) is 5.12. The van der Waals surface area contributed by atoms with E-state index in [-0.39, 0.29) is 5.41 Å². The Morgan fingerprint density at radius 1 is 1.38 bits per heavy atom. The third-order valence-corrected chi connectivity index (χ3v) is 4.35. The molecule has 1 saturated heterocycles. The molecule has 0 amide bonds. The Bertz CT molecular complexity index is 390. The van der Waals surface area contributed by atoms with Crippen molar-refractivity contribution in [1.82, 2.24) is 0 Å². The lowest BCUT2D eigenvalue weighted by Crippen LogP contribution is -2.46. The maximum absolute atomic E-state index is 5.76. The van der Waals surface area contributed by atoms with Crippen LogP contribution in [-0.2, 0) is 10.2 Å². The number of fused-ring (bicyclic) bond motifs is 2. The SMILES string of the molecule is CC1CCOCC12CCNc1ccccc12. The van der Waals surface area contributed by atoms with Gasteiger partial charge in [-0.2, -0.15) is 0 Å². The van der Waals surface area contributed by atoms with Crippen LogP contribution in [0.4, 0.5) is 5.69 Å². The van der Waals surface area contributed by atoms with Crippen LogP contribution in [0, 0.1) is 5.92 Å². The van der Waals surface area contributed by atoms with E-state index in [1.54, 1.807) is 0 Å². The van der Waals surface area contributed by atoms with Crippen molar-refractivity contribution in [3.8, 4) is 0 Å². The van der Waals surface area contributed by atoms with Gasteiger partial charge in [0.1, 0.15) is 0 Å². The molecule has 86 valence electrons. The second-order valence-corrected chi connectivity index (χ2v) is 5.12. The lowest BCUT2D eigenvalue weighted by molar-refractivity contribution is -0.00413. The Labute approximate surface area is 97.0 Å². The molecule has 3 rings (SSSR count). The first kappa shape index (κ1) is 10.2. The molecule has 0 aliphatic carbocycles. The Hall–Kier alpha value is -1.02. The van der Waals surface area contributed by atoms with E-state index in [1.807, 2.05) is 0 Å². The Morgan fingerprint density at radius 2 is 2.25 bits per heavy atom. The minimum absolute atomic E-state index is 0.264. The zero-order valence-electron chi connectivity index (χ0n) is 9.83. The Kier molecular flexibility index (Phi) is 2.40. The second kappa shape index (κ2) is 3.77. The van der Waals surface area contributed by atoms with E-state index < -0.39 is 0 Å². The molecule has 0 bridgehead atoms. The molecule has 1 spiro atoms. The predicted molar refractivity (Wildman–Crippen MR) is 65.8 cm³/mol. The highest BCUT2D eigenvalue weighted by atomic mass is 16.5. The lowest BCUT2D eigenvalue weighted by atomic mass is 9.65. The van der Waals surface area contributed by atoms with Gasteiger partial charge in [0.2, 0.25) is 0 Å². The Morgan fingerprint density at radius 3 is 3.12 bits per heavy atom. The van der Waals surface area contributed by atoms with Gasteiger partial charge in [-0.05, 0) is 30.4 Å². The average molecular weight is 217 g/mol. The van der Waals surface area contributed by atoms with E-state index in [0.717, 1.165) is 25.7 Å². The van der Waals surface area contributed by atoms with Crippen molar-refractivity contribution in [1.29, 1.82) is 0 Å². The number of rotatable bonds is 0. The van der Waals surface area contributed by atoms with Crippen molar-refractivity contribution in [2.24, 2.45) is 5.92 Å². The van der Waals surface area contributed by atoms with Gasteiger partial charge in [-0.3, -0.25) is 0 Å². The molecule has 2 heterocycles. The molecule has 2 heteroatoms. The fourth-order valence-electron chi connectivity index (χ4n) is 3.22. The van der Waals surface area contributed by atoms with E-state index in [2.05, 4.69) is 36.5 Å². The van der Waals surface area contributed by atoms with Crippen LogP contribution in [0.5, 0.6) is 0 Å². The molecule has 16 heavy (non-hydrogen) atoms. The summed E-state index contributed by atoms with van der Waals surface area (Å²) < 4.78 is 5.76. The zero-order chi connectivity index (χ0) is 11.0. The highest BCUT2D eigenvalue weighted by molar-refractivity contribution is 5.57. The molecule has 0 aromatic heterocycles. The maximum atomic E-state index is 5.76. The maximum Gasteiger partial charge on any atom is 0.0566 e. The molecule has 2 atom stereocenters. The van der Waals surface area contributed by atoms with E-state index in [0.29, 0.717) is 0 Å². The fourth-order valence-corrected chi connectivity index (χ4v) is 3.22. The van der Waals surface area contributed by atoms with Crippen molar-refractivity contribution in [3.05, 3.63) is 29.8 Å². The predicted octanol–water partition coefficient (Wildman–Crippen LogP) is 2.80. The number of benzene rings is 1. The normalized spacial score (nSPS) is 33.2. The molecule has 0 saturated carbocycles. The van der Waals surface area contributed by atoms with Gasteiger partial charge in [0.25, 0.3) is 0 Å². The van der Waals surface area contributed by atoms with Crippen molar-refractivity contribution >= 4 is 5.69 Å². The molecule has 1 fully saturated rings. The summed E-state index contributed by atoms with van der Waals surface area (Å²) in [5.41, 5.74) is 3.04. The van der Waals surface area contributed by atoms with Gasteiger partial charge in [-0.25, -0.2) is 0 Å². The molecule has 1 aromatic rings. The Balaban J connectivity index is 2.08. The monoisotopic (exact) mass is 217 g/mol. The molecule has 2 nitrogen and oxygen atoms in total. The number of ether oxygens (including phenoxy) is 1. The van der Waals surface area contributed by atoms with Crippen LogP contribution < -0.4 is 5.32 Å². The molecular formula is C14H19NO. The summed E-state index contributed by atoms with van der Waals surface area (Å²) in [5.74, 6) is 0.726. The third kappa shape index (κ3) is 1.36. The molecular weight excluding hydrogens is 198 g/mol. The van der Waals surface area contributed by atoms with Gasteiger partial charge < -0.3 is 10.1 Å². The summed E-state index contributed by atoms with van der Waals surface area (Å²) in [5, 5.41) is 3.50. The summed E-state index contributed by atoms with van der Waals surface area (Å²) in [6.07, 6.45) is 2.39. The smallest absolute Gasteiger partial charge is 0.0566 e. The average Bonchev–Trinajstić information content (AvgIpc) is 2.34. The zero-order valence-corrected chi connectivity index (χ0v) is 9.83. The van der Waals surface area contributed by atoms with E-state index in [9.17, 15) is 0 Å². The van der Waals surface area contributed by atoms with Crippen molar-refractivity contribution in [3.63, 3.8) is 0 Å². The van der Waals surface area contributed by atoms with E-state index in [4.69, 9.17) is 4.74 Å². The number of anilines is 1. The van der Waals surface area contributed by atoms with Crippen molar-refractivity contribution in [2.75, 3.05) is 25.1 Å². The molecule has 0 radical (unpaired) electrons. The van der Waals surface area contributed by atoms with Crippen LogP contribution in [0.2, 0.25) is 0 Å². The molecule has 1 aromatic carbocycles. The summed E-state index contributed by atoms with van der Waals surface area (Å²) in [6, 6.07) is 8.72. The van der Waals surface area contributed by atoms with Crippen LogP contribution >= 0.6 is 0 Å². The van der Waals surface area contributed by atoms with Gasteiger partial charge >= 0.3 is 0 Å². The van der Waals surface area contributed by atoms with Crippen LogP contribution in [0.3, 0.4) is 0 Å². The summed E-state index contributed by atoms with van der Waals surface area (Å²) in [4.78, 5) is 0. The van der Waals surface area contributed by atoms with Gasteiger partial charge in [0.05, 0.1) is 6.61 Å². The first-order chi connectivity index (χ1) is 7.83. The minimum Gasteiger partial charge on any atom is -0.385 e. The first-order valence-electron chi connectivity index (χ1n) is 6.24. The van der Waals surface area contributed by atoms with E-state index in [1.165, 1.54) is 24.1 Å². The molecule has 1 N–H and O–H groups in total. The van der Waals surface area contributed by atoms with Gasteiger partial charge in [0.15, 0.2) is 0 Å².